The van der Waals surface area contributed by atoms with Gasteiger partial charge in [0.15, 0.2) is 22.8 Å². The summed E-state index contributed by atoms with van der Waals surface area (Å²) >= 11 is 0. The second-order valence-corrected chi connectivity index (χ2v) is 7.60. The topological polar surface area (TPSA) is 94.1 Å². The van der Waals surface area contributed by atoms with Crippen LogP contribution in [0.5, 0.6) is 0 Å². The number of anilines is 1. The van der Waals surface area contributed by atoms with Crippen molar-refractivity contribution < 1.29 is 9.26 Å². The van der Waals surface area contributed by atoms with Crippen molar-refractivity contribution in [2.24, 2.45) is 0 Å². The number of aromatic nitrogens is 5. The average molecular weight is 419 g/mol. The number of benzene rings is 1. The van der Waals surface area contributed by atoms with Crippen LogP contribution in [0.4, 0.5) is 5.82 Å². The fraction of sp³-hybridized carbons (Fsp3) is 0.364. The molecular weight excluding hydrogens is 394 g/mol. The Labute approximate surface area is 180 Å². The number of aryl methyl sites for hydroxylation is 2. The zero-order valence-electron chi connectivity index (χ0n) is 17.7. The molecule has 0 amide bonds. The van der Waals surface area contributed by atoms with Gasteiger partial charge in [0.2, 0.25) is 0 Å². The van der Waals surface area contributed by atoms with E-state index in [1.807, 2.05) is 48.7 Å². The van der Waals surface area contributed by atoms with Crippen LogP contribution in [0.15, 0.2) is 41.2 Å². The van der Waals surface area contributed by atoms with Crippen molar-refractivity contribution >= 4 is 17.0 Å². The molecule has 1 saturated heterocycles. The fourth-order valence-electron chi connectivity index (χ4n) is 3.87. The number of morpholine rings is 1. The second-order valence-electron chi connectivity index (χ2n) is 7.60. The van der Waals surface area contributed by atoms with Crippen LogP contribution in [-0.2, 0) is 4.74 Å². The lowest BCUT2D eigenvalue weighted by molar-refractivity contribution is 0.0398. The van der Waals surface area contributed by atoms with Crippen molar-refractivity contribution in [2.75, 3.05) is 44.7 Å². The molecule has 4 aromatic rings. The maximum absolute atomic E-state index is 5.44. The number of para-hydroxylation sites is 1. The van der Waals surface area contributed by atoms with E-state index in [0.717, 1.165) is 67.5 Å². The van der Waals surface area contributed by atoms with Crippen molar-refractivity contribution in [3.05, 3.63) is 48.1 Å². The quantitative estimate of drug-likeness (QED) is 0.510. The molecule has 1 N–H and O–H groups in total. The first kappa shape index (κ1) is 19.7. The predicted octanol–water partition coefficient (Wildman–Crippen LogP) is 2.83. The molecule has 9 heteroatoms. The molecule has 1 fully saturated rings. The Morgan fingerprint density at radius 3 is 2.61 bits per heavy atom. The van der Waals surface area contributed by atoms with Crippen LogP contribution in [0.1, 0.15) is 11.5 Å². The number of hydrogen-bond acceptors (Lipinski definition) is 8. The van der Waals surface area contributed by atoms with Gasteiger partial charge in [-0.05, 0) is 26.0 Å². The molecular formula is C22H25N7O2. The zero-order valence-corrected chi connectivity index (χ0v) is 17.7. The van der Waals surface area contributed by atoms with Gasteiger partial charge in [0, 0.05) is 31.9 Å². The van der Waals surface area contributed by atoms with Gasteiger partial charge in [-0.25, -0.2) is 15.0 Å². The maximum Gasteiger partial charge on any atom is 0.170 e. The highest BCUT2D eigenvalue weighted by Crippen LogP contribution is 2.29. The van der Waals surface area contributed by atoms with Crippen molar-refractivity contribution in [1.29, 1.82) is 0 Å². The summed E-state index contributed by atoms with van der Waals surface area (Å²) in [5.41, 5.74) is 4.06. The number of fused-ring (bicyclic) bond motifs is 1. The maximum atomic E-state index is 5.44. The van der Waals surface area contributed by atoms with Crippen molar-refractivity contribution in [3.8, 4) is 17.1 Å². The Bertz CT molecular complexity index is 1160. The van der Waals surface area contributed by atoms with Crippen LogP contribution >= 0.6 is 0 Å². The molecule has 1 aromatic carbocycles. The van der Waals surface area contributed by atoms with Gasteiger partial charge in [-0.2, -0.15) is 0 Å². The largest absolute Gasteiger partial charge is 0.379 e. The number of hydrogen-bond donors (Lipinski definition) is 1. The van der Waals surface area contributed by atoms with Crippen molar-refractivity contribution in [2.45, 2.75) is 13.8 Å². The smallest absolute Gasteiger partial charge is 0.170 e. The van der Waals surface area contributed by atoms with Gasteiger partial charge < -0.3 is 14.6 Å². The third-order valence-corrected chi connectivity index (χ3v) is 5.51. The molecule has 0 aliphatic carbocycles. The minimum atomic E-state index is 0.579. The van der Waals surface area contributed by atoms with Crippen LogP contribution in [0.3, 0.4) is 0 Å². The van der Waals surface area contributed by atoms with E-state index in [-0.39, 0.29) is 0 Å². The van der Waals surface area contributed by atoms with Gasteiger partial charge in [0.25, 0.3) is 0 Å². The summed E-state index contributed by atoms with van der Waals surface area (Å²) in [6.45, 7) is 8.93. The van der Waals surface area contributed by atoms with Gasteiger partial charge >= 0.3 is 0 Å². The lowest BCUT2D eigenvalue weighted by Crippen LogP contribution is -2.39. The molecule has 0 radical (unpaired) electrons. The fourth-order valence-corrected chi connectivity index (χ4v) is 3.87. The Balaban J connectivity index is 1.54. The molecule has 0 saturated carbocycles. The molecule has 31 heavy (non-hydrogen) atoms. The van der Waals surface area contributed by atoms with Crippen LogP contribution in [-0.4, -0.2) is 69.0 Å². The highest BCUT2D eigenvalue weighted by atomic mass is 16.5. The first-order chi connectivity index (χ1) is 15.2. The second kappa shape index (κ2) is 8.44. The number of nitrogens with one attached hydrogen (secondary N) is 1. The highest BCUT2D eigenvalue weighted by molar-refractivity contribution is 5.86. The standard InChI is InChI=1S/C22H25N7O2/c1-15-18(16(2)31-27-15)20-25-21(23-8-9-28-10-12-30-13-11-28)19-22(26-20)29(14-24-19)17-6-4-3-5-7-17/h3-7,14H,8-13H2,1-2H3,(H,23,25,26). The minimum Gasteiger partial charge on any atom is -0.379 e. The van der Waals surface area contributed by atoms with Crippen LogP contribution < -0.4 is 5.32 Å². The molecule has 0 bridgehead atoms. The SMILES string of the molecule is Cc1noc(C)c1-c1nc(NCCN2CCOCC2)c2ncn(-c3ccccc3)c2n1. The lowest BCUT2D eigenvalue weighted by atomic mass is 10.2. The Morgan fingerprint density at radius 1 is 1.06 bits per heavy atom. The Kier molecular flexibility index (Phi) is 5.35. The first-order valence-corrected chi connectivity index (χ1v) is 10.5. The van der Waals surface area contributed by atoms with Gasteiger partial charge in [-0.3, -0.25) is 9.47 Å². The van der Waals surface area contributed by atoms with Crippen LogP contribution in [0, 0.1) is 13.8 Å². The highest BCUT2D eigenvalue weighted by Gasteiger charge is 2.20. The third kappa shape index (κ3) is 3.89. The van der Waals surface area contributed by atoms with Crippen molar-refractivity contribution in [1.82, 2.24) is 29.6 Å². The van der Waals surface area contributed by atoms with E-state index in [1.165, 1.54) is 0 Å². The van der Waals surface area contributed by atoms with E-state index in [0.29, 0.717) is 17.4 Å². The normalized spacial score (nSPS) is 14.9. The number of ether oxygens (including phenoxy) is 1. The molecule has 1 aliphatic rings. The average Bonchev–Trinajstić information content (AvgIpc) is 3.38. The molecule has 0 unspecified atom stereocenters. The summed E-state index contributed by atoms with van der Waals surface area (Å²) in [6, 6.07) is 10.1. The van der Waals surface area contributed by atoms with Crippen LogP contribution in [0.2, 0.25) is 0 Å². The van der Waals surface area contributed by atoms with E-state index in [2.05, 4.69) is 20.4 Å². The number of imidazole rings is 1. The molecule has 0 atom stereocenters. The van der Waals surface area contributed by atoms with E-state index in [9.17, 15) is 0 Å². The monoisotopic (exact) mass is 419 g/mol. The number of nitrogens with zero attached hydrogens (tertiary/aromatic N) is 6. The molecule has 1 aliphatic heterocycles. The number of rotatable bonds is 6. The van der Waals surface area contributed by atoms with E-state index >= 15 is 0 Å². The molecule has 9 nitrogen and oxygen atoms in total. The zero-order chi connectivity index (χ0) is 21.2. The minimum absolute atomic E-state index is 0.579. The van der Waals surface area contributed by atoms with E-state index in [4.69, 9.17) is 19.2 Å². The summed E-state index contributed by atoms with van der Waals surface area (Å²) in [5.74, 6) is 1.99. The molecule has 0 spiro atoms. The summed E-state index contributed by atoms with van der Waals surface area (Å²) in [5, 5.41) is 7.56. The summed E-state index contributed by atoms with van der Waals surface area (Å²) in [6.07, 6.45) is 1.79. The lowest BCUT2D eigenvalue weighted by Gasteiger charge is -2.26. The van der Waals surface area contributed by atoms with Crippen LogP contribution in [0.25, 0.3) is 28.2 Å². The van der Waals surface area contributed by atoms with Crippen molar-refractivity contribution in [3.63, 3.8) is 0 Å². The molecule has 3 aromatic heterocycles. The van der Waals surface area contributed by atoms with Gasteiger partial charge in [-0.15, -0.1) is 0 Å². The van der Waals surface area contributed by atoms with Gasteiger partial charge in [0.05, 0.1) is 24.5 Å². The van der Waals surface area contributed by atoms with Gasteiger partial charge in [0.1, 0.15) is 12.1 Å². The van der Waals surface area contributed by atoms with Gasteiger partial charge in [-0.1, -0.05) is 23.4 Å². The summed E-state index contributed by atoms with van der Waals surface area (Å²) in [4.78, 5) is 16.7. The molecule has 160 valence electrons. The Morgan fingerprint density at radius 2 is 1.87 bits per heavy atom. The molecule has 4 heterocycles. The predicted molar refractivity (Wildman–Crippen MR) is 117 cm³/mol. The van der Waals surface area contributed by atoms with E-state index < -0.39 is 0 Å². The molecule has 5 rings (SSSR count). The van der Waals surface area contributed by atoms with E-state index in [1.54, 1.807) is 6.33 Å². The summed E-state index contributed by atoms with van der Waals surface area (Å²) < 4.78 is 12.8. The Hall–Kier alpha value is -3.30. The third-order valence-electron chi connectivity index (χ3n) is 5.51. The summed E-state index contributed by atoms with van der Waals surface area (Å²) in [7, 11) is 0. The first-order valence-electron chi connectivity index (χ1n) is 10.5.